The van der Waals surface area contributed by atoms with Gasteiger partial charge in [-0.2, -0.15) is 11.8 Å². The maximum absolute atomic E-state index is 11.4. The molecule has 0 aromatic heterocycles. The molecule has 0 aliphatic carbocycles. The molecule has 15 heavy (non-hydrogen) atoms. The Morgan fingerprint density at radius 1 is 1.33 bits per heavy atom. The van der Waals surface area contributed by atoms with Crippen molar-refractivity contribution in [2.75, 3.05) is 18.6 Å². The molecule has 0 aliphatic heterocycles. The van der Waals surface area contributed by atoms with Crippen molar-refractivity contribution in [2.24, 2.45) is 5.41 Å². The van der Waals surface area contributed by atoms with Gasteiger partial charge in [0.1, 0.15) is 5.41 Å². The second-order valence-electron chi connectivity index (χ2n) is 3.89. The zero-order chi connectivity index (χ0) is 11.9. The van der Waals surface area contributed by atoms with Gasteiger partial charge < -0.3 is 10.4 Å². The third-order valence-electron chi connectivity index (χ3n) is 2.16. The van der Waals surface area contributed by atoms with Gasteiger partial charge in [0.2, 0.25) is 5.91 Å². The van der Waals surface area contributed by atoms with Gasteiger partial charge in [-0.15, -0.1) is 0 Å². The van der Waals surface area contributed by atoms with E-state index in [4.69, 9.17) is 5.11 Å². The van der Waals surface area contributed by atoms with E-state index in [1.807, 2.05) is 6.26 Å². The summed E-state index contributed by atoms with van der Waals surface area (Å²) in [4.78, 5) is 22.2. The van der Waals surface area contributed by atoms with Crippen LogP contribution in [-0.2, 0) is 9.59 Å². The smallest absolute Gasteiger partial charge is 0.318 e. The van der Waals surface area contributed by atoms with E-state index in [-0.39, 0.29) is 0 Å². The molecule has 0 aromatic rings. The van der Waals surface area contributed by atoms with E-state index >= 15 is 0 Å². The highest BCUT2D eigenvalue weighted by atomic mass is 32.2. The molecule has 0 bridgehead atoms. The number of carbonyl (C=O) groups is 2. The summed E-state index contributed by atoms with van der Waals surface area (Å²) in [6, 6.07) is 0. The number of carboxylic acids is 1. The van der Waals surface area contributed by atoms with Crippen LogP contribution in [0.3, 0.4) is 0 Å². The molecule has 1 amide bonds. The fourth-order valence-electron chi connectivity index (χ4n) is 0.891. The predicted molar refractivity (Wildman–Crippen MR) is 62.0 cm³/mol. The first-order valence-corrected chi connectivity index (χ1v) is 6.33. The normalized spacial score (nSPS) is 11.1. The van der Waals surface area contributed by atoms with Crippen molar-refractivity contribution in [3.8, 4) is 0 Å². The number of nitrogens with one attached hydrogen (secondary N) is 1. The van der Waals surface area contributed by atoms with Gasteiger partial charge in [0.15, 0.2) is 0 Å². The summed E-state index contributed by atoms with van der Waals surface area (Å²) in [6.45, 7) is 3.37. The molecule has 0 saturated carbocycles. The van der Waals surface area contributed by atoms with Gasteiger partial charge in [-0.05, 0) is 38.7 Å². The zero-order valence-corrected chi connectivity index (χ0v) is 10.3. The minimum absolute atomic E-state index is 0.417. The molecule has 0 fully saturated rings. The van der Waals surface area contributed by atoms with Crippen molar-refractivity contribution >= 4 is 23.6 Å². The maximum atomic E-state index is 11.4. The number of aliphatic carboxylic acids is 1. The molecule has 0 atom stereocenters. The Labute approximate surface area is 94.8 Å². The molecule has 0 aliphatic rings. The zero-order valence-electron chi connectivity index (χ0n) is 9.50. The van der Waals surface area contributed by atoms with Crippen LogP contribution in [0, 0.1) is 5.41 Å². The molecule has 0 aromatic carbocycles. The van der Waals surface area contributed by atoms with Crippen molar-refractivity contribution in [3.05, 3.63) is 0 Å². The molecule has 0 spiro atoms. The first kappa shape index (κ1) is 14.3. The second kappa shape index (κ2) is 6.71. The van der Waals surface area contributed by atoms with Crippen LogP contribution in [0.25, 0.3) is 0 Å². The summed E-state index contributed by atoms with van der Waals surface area (Å²) < 4.78 is 0. The highest BCUT2D eigenvalue weighted by Crippen LogP contribution is 2.14. The lowest BCUT2D eigenvalue weighted by Crippen LogP contribution is -2.42. The first-order chi connectivity index (χ1) is 6.92. The van der Waals surface area contributed by atoms with Crippen LogP contribution >= 0.6 is 11.8 Å². The lowest BCUT2D eigenvalue weighted by Gasteiger charge is -2.18. The number of carbonyl (C=O) groups excluding carboxylic acids is 1. The highest BCUT2D eigenvalue weighted by molar-refractivity contribution is 7.98. The minimum Gasteiger partial charge on any atom is -0.480 e. The summed E-state index contributed by atoms with van der Waals surface area (Å²) in [5.74, 6) is -0.443. The molecule has 0 unspecified atom stereocenters. The Morgan fingerprint density at radius 3 is 2.40 bits per heavy atom. The molecule has 5 heteroatoms. The second-order valence-corrected chi connectivity index (χ2v) is 4.87. The van der Waals surface area contributed by atoms with Crippen molar-refractivity contribution < 1.29 is 14.7 Å². The van der Waals surface area contributed by atoms with Crippen LogP contribution in [0.2, 0.25) is 0 Å². The van der Waals surface area contributed by atoms with Crippen LogP contribution in [0.5, 0.6) is 0 Å². The standard InChI is InChI=1S/C10H19NO3S/c1-10(2,9(13)14)8(12)11-6-4-5-7-15-3/h4-7H2,1-3H3,(H,11,12)(H,13,14). The Hall–Kier alpha value is -0.710. The third-order valence-corrected chi connectivity index (χ3v) is 2.86. The number of hydrogen-bond acceptors (Lipinski definition) is 3. The van der Waals surface area contributed by atoms with E-state index < -0.39 is 17.3 Å². The van der Waals surface area contributed by atoms with E-state index in [9.17, 15) is 9.59 Å². The van der Waals surface area contributed by atoms with Crippen LogP contribution in [0.4, 0.5) is 0 Å². The summed E-state index contributed by atoms with van der Waals surface area (Å²) in [7, 11) is 0. The molecular formula is C10H19NO3S. The predicted octanol–water partition coefficient (Wildman–Crippen LogP) is 1.36. The fourth-order valence-corrected chi connectivity index (χ4v) is 1.38. The summed E-state index contributed by atoms with van der Waals surface area (Å²) >= 11 is 1.76. The minimum atomic E-state index is -1.33. The topological polar surface area (TPSA) is 66.4 Å². The molecule has 2 N–H and O–H groups in total. The Kier molecular flexibility index (Phi) is 6.40. The number of unbranched alkanes of at least 4 members (excludes halogenated alkanes) is 1. The Morgan fingerprint density at radius 2 is 1.93 bits per heavy atom. The average molecular weight is 233 g/mol. The number of carboxylic acid groups (broad SMARTS) is 1. The van der Waals surface area contributed by atoms with Gasteiger partial charge in [-0.3, -0.25) is 9.59 Å². The Balaban J connectivity index is 3.79. The van der Waals surface area contributed by atoms with Crippen molar-refractivity contribution in [1.29, 1.82) is 0 Å². The molecular weight excluding hydrogens is 214 g/mol. The van der Waals surface area contributed by atoms with Gasteiger partial charge in [-0.25, -0.2) is 0 Å². The molecule has 0 saturated heterocycles. The van der Waals surface area contributed by atoms with Crippen LogP contribution in [0.1, 0.15) is 26.7 Å². The largest absolute Gasteiger partial charge is 0.480 e. The quantitative estimate of drug-likeness (QED) is 0.514. The number of rotatable bonds is 7. The number of thioether (sulfide) groups is 1. The first-order valence-electron chi connectivity index (χ1n) is 4.93. The number of amides is 1. The molecule has 4 nitrogen and oxygen atoms in total. The molecule has 88 valence electrons. The average Bonchev–Trinajstić information content (AvgIpc) is 2.16. The van der Waals surface area contributed by atoms with Crippen LogP contribution in [-0.4, -0.2) is 35.5 Å². The van der Waals surface area contributed by atoms with Crippen molar-refractivity contribution in [2.45, 2.75) is 26.7 Å². The maximum Gasteiger partial charge on any atom is 0.318 e. The number of hydrogen-bond donors (Lipinski definition) is 2. The van der Waals surface area contributed by atoms with Gasteiger partial charge >= 0.3 is 5.97 Å². The van der Waals surface area contributed by atoms with Gasteiger partial charge in [0.05, 0.1) is 0 Å². The lowest BCUT2D eigenvalue weighted by molar-refractivity contribution is -0.153. The Bertz CT molecular complexity index is 229. The van der Waals surface area contributed by atoms with E-state index in [1.54, 1.807) is 11.8 Å². The van der Waals surface area contributed by atoms with Gasteiger partial charge in [-0.1, -0.05) is 0 Å². The van der Waals surface area contributed by atoms with E-state index in [1.165, 1.54) is 13.8 Å². The summed E-state index contributed by atoms with van der Waals surface area (Å²) in [5.41, 5.74) is -1.33. The van der Waals surface area contributed by atoms with Gasteiger partial charge in [0.25, 0.3) is 0 Å². The SMILES string of the molecule is CSCCCCNC(=O)C(C)(C)C(=O)O. The summed E-state index contributed by atoms with van der Waals surface area (Å²) in [5, 5.41) is 11.4. The highest BCUT2D eigenvalue weighted by Gasteiger charge is 2.35. The lowest BCUT2D eigenvalue weighted by atomic mass is 9.93. The van der Waals surface area contributed by atoms with E-state index in [0.29, 0.717) is 6.54 Å². The van der Waals surface area contributed by atoms with Crippen molar-refractivity contribution in [3.63, 3.8) is 0 Å². The van der Waals surface area contributed by atoms with Crippen molar-refractivity contribution in [1.82, 2.24) is 5.32 Å². The van der Waals surface area contributed by atoms with Crippen LogP contribution < -0.4 is 5.32 Å². The molecule has 0 rings (SSSR count). The monoisotopic (exact) mass is 233 g/mol. The molecule has 0 heterocycles. The third kappa shape index (κ3) is 5.06. The van der Waals surface area contributed by atoms with E-state index in [0.717, 1.165) is 18.6 Å². The van der Waals surface area contributed by atoms with E-state index in [2.05, 4.69) is 5.32 Å². The fraction of sp³-hybridized carbons (Fsp3) is 0.800. The van der Waals surface area contributed by atoms with Crippen LogP contribution in [0.15, 0.2) is 0 Å². The van der Waals surface area contributed by atoms with Gasteiger partial charge in [0, 0.05) is 6.54 Å². The molecule has 0 radical (unpaired) electrons. The summed E-state index contributed by atoms with van der Waals surface area (Å²) in [6.07, 6.45) is 3.96.